The summed E-state index contributed by atoms with van der Waals surface area (Å²) in [6, 6.07) is 0. The maximum absolute atomic E-state index is 10.1. The van der Waals surface area contributed by atoms with Crippen molar-refractivity contribution in [3.05, 3.63) is 35.0 Å². The standard InChI is InChI=1S/C9H12ClNO/c1-3-4-5-6-9(8(2)10)11-7-12/h3-7H,1-2H3,(H,11,12)/b4-3-,6-5-,9-8-. The maximum atomic E-state index is 10.1. The predicted molar refractivity (Wildman–Crippen MR) is 51.7 cm³/mol. The molecular weight excluding hydrogens is 174 g/mol. The number of nitrogens with one attached hydrogen (secondary N) is 1. The molecule has 0 atom stereocenters. The number of amides is 1. The molecule has 0 saturated heterocycles. The van der Waals surface area contributed by atoms with E-state index < -0.39 is 0 Å². The first-order chi connectivity index (χ1) is 5.72. The summed E-state index contributed by atoms with van der Waals surface area (Å²) in [6.45, 7) is 3.63. The molecule has 3 heteroatoms. The van der Waals surface area contributed by atoms with E-state index in [2.05, 4.69) is 5.32 Å². The first kappa shape index (κ1) is 11.0. The predicted octanol–water partition coefficient (Wildman–Crippen LogP) is 2.33. The van der Waals surface area contributed by atoms with Crippen LogP contribution >= 0.6 is 11.6 Å². The van der Waals surface area contributed by atoms with Crippen molar-refractivity contribution in [2.45, 2.75) is 13.8 Å². The van der Waals surface area contributed by atoms with Crippen molar-refractivity contribution >= 4 is 18.0 Å². The molecule has 0 aromatic rings. The molecule has 0 bridgehead atoms. The zero-order chi connectivity index (χ0) is 9.40. The highest BCUT2D eigenvalue weighted by atomic mass is 35.5. The second kappa shape index (κ2) is 6.68. The van der Waals surface area contributed by atoms with Gasteiger partial charge in [-0.15, -0.1) is 0 Å². The minimum Gasteiger partial charge on any atom is -0.328 e. The monoisotopic (exact) mass is 185 g/mol. The van der Waals surface area contributed by atoms with Gasteiger partial charge in [-0.1, -0.05) is 29.8 Å². The Balaban J connectivity index is 4.34. The Morgan fingerprint density at radius 3 is 2.50 bits per heavy atom. The van der Waals surface area contributed by atoms with Gasteiger partial charge in [0.15, 0.2) is 0 Å². The minimum absolute atomic E-state index is 0.558. The van der Waals surface area contributed by atoms with Crippen molar-refractivity contribution < 1.29 is 4.79 Å². The first-order valence-corrected chi connectivity index (χ1v) is 3.96. The summed E-state index contributed by atoms with van der Waals surface area (Å²) in [7, 11) is 0. The van der Waals surface area contributed by atoms with E-state index in [0.717, 1.165) is 0 Å². The van der Waals surface area contributed by atoms with Crippen LogP contribution in [0, 0.1) is 0 Å². The van der Waals surface area contributed by atoms with Gasteiger partial charge in [0.25, 0.3) is 0 Å². The zero-order valence-electron chi connectivity index (χ0n) is 7.17. The lowest BCUT2D eigenvalue weighted by atomic mass is 10.3. The van der Waals surface area contributed by atoms with Gasteiger partial charge in [-0.2, -0.15) is 0 Å². The molecule has 2 nitrogen and oxygen atoms in total. The second-order valence-electron chi connectivity index (χ2n) is 2.09. The Morgan fingerprint density at radius 2 is 2.08 bits per heavy atom. The highest BCUT2D eigenvalue weighted by Gasteiger charge is 1.92. The third-order valence-corrected chi connectivity index (χ3v) is 1.36. The molecule has 0 spiro atoms. The Labute approximate surface area is 77.6 Å². The zero-order valence-corrected chi connectivity index (χ0v) is 7.93. The van der Waals surface area contributed by atoms with Crippen molar-refractivity contribution in [1.82, 2.24) is 5.32 Å². The number of hydrogen-bond acceptors (Lipinski definition) is 1. The topological polar surface area (TPSA) is 29.1 Å². The Hall–Kier alpha value is -1.02. The van der Waals surface area contributed by atoms with E-state index >= 15 is 0 Å². The third-order valence-electron chi connectivity index (χ3n) is 1.15. The van der Waals surface area contributed by atoms with Crippen molar-refractivity contribution in [3.63, 3.8) is 0 Å². The fourth-order valence-corrected chi connectivity index (χ4v) is 0.706. The number of carbonyl (C=O) groups excluding carboxylic acids is 1. The van der Waals surface area contributed by atoms with Gasteiger partial charge < -0.3 is 5.32 Å². The molecule has 12 heavy (non-hydrogen) atoms. The minimum atomic E-state index is 0.558. The number of hydrogen-bond donors (Lipinski definition) is 1. The van der Waals surface area contributed by atoms with E-state index in [4.69, 9.17) is 11.6 Å². The molecule has 0 radical (unpaired) electrons. The summed E-state index contributed by atoms with van der Waals surface area (Å²) in [4.78, 5) is 10.1. The maximum Gasteiger partial charge on any atom is 0.211 e. The van der Waals surface area contributed by atoms with Crippen LogP contribution in [0.15, 0.2) is 35.0 Å². The van der Waals surface area contributed by atoms with Crippen LogP contribution in [0.1, 0.15) is 13.8 Å². The summed E-state index contributed by atoms with van der Waals surface area (Å²) >= 11 is 5.68. The van der Waals surface area contributed by atoms with E-state index in [-0.39, 0.29) is 0 Å². The summed E-state index contributed by atoms with van der Waals surface area (Å²) in [5.74, 6) is 0. The van der Waals surface area contributed by atoms with Gasteiger partial charge in [-0.05, 0) is 19.9 Å². The SMILES string of the molecule is C\C=C/C=C\C(NC=O)=C(/C)Cl. The molecule has 0 aromatic carbocycles. The summed E-state index contributed by atoms with van der Waals surface area (Å²) in [5.41, 5.74) is 0.616. The lowest BCUT2D eigenvalue weighted by Gasteiger charge is -1.98. The highest BCUT2D eigenvalue weighted by Crippen LogP contribution is 2.05. The molecule has 0 heterocycles. The normalized spacial score (nSPS) is 13.6. The molecule has 0 aliphatic carbocycles. The van der Waals surface area contributed by atoms with Crippen LogP contribution in [-0.2, 0) is 4.79 Å². The van der Waals surface area contributed by atoms with E-state index in [1.54, 1.807) is 19.1 Å². The molecule has 0 aromatic heterocycles. The van der Waals surface area contributed by atoms with Gasteiger partial charge >= 0.3 is 0 Å². The van der Waals surface area contributed by atoms with E-state index in [0.29, 0.717) is 17.1 Å². The van der Waals surface area contributed by atoms with Crippen molar-refractivity contribution in [1.29, 1.82) is 0 Å². The fourth-order valence-electron chi connectivity index (χ4n) is 0.589. The molecule has 66 valence electrons. The number of carbonyl (C=O) groups is 1. The molecule has 1 N–H and O–H groups in total. The number of halogens is 1. The van der Waals surface area contributed by atoms with Crippen LogP contribution in [0.4, 0.5) is 0 Å². The van der Waals surface area contributed by atoms with Gasteiger partial charge in [0.05, 0.1) is 5.70 Å². The quantitative estimate of drug-likeness (QED) is 0.529. The highest BCUT2D eigenvalue weighted by molar-refractivity contribution is 6.29. The van der Waals surface area contributed by atoms with E-state index in [1.165, 1.54) is 0 Å². The average molecular weight is 186 g/mol. The van der Waals surface area contributed by atoms with Gasteiger partial charge in [-0.25, -0.2) is 0 Å². The van der Waals surface area contributed by atoms with Gasteiger partial charge in [0.2, 0.25) is 6.41 Å². The first-order valence-electron chi connectivity index (χ1n) is 3.58. The summed E-state index contributed by atoms with van der Waals surface area (Å²) in [5, 5.41) is 3.05. The van der Waals surface area contributed by atoms with Crippen LogP contribution in [0.3, 0.4) is 0 Å². The van der Waals surface area contributed by atoms with Gasteiger partial charge in [-0.3, -0.25) is 4.79 Å². The Morgan fingerprint density at radius 1 is 1.42 bits per heavy atom. The molecule has 0 fully saturated rings. The molecule has 0 saturated carbocycles. The Bertz CT molecular complexity index is 225. The third kappa shape index (κ3) is 4.74. The van der Waals surface area contributed by atoms with Gasteiger partial charge in [0.1, 0.15) is 0 Å². The summed E-state index contributed by atoms with van der Waals surface area (Å²) in [6.07, 6.45) is 7.88. The van der Waals surface area contributed by atoms with Crippen LogP contribution in [0.5, 0.6) is 0 Å². The second-order valence-corrected chi connectivity index (χ2v) is 2.66. The van der Waals surface area contributed by atoms with Crippen molar-refractivity contribution in [3.8, 4) is 0 Å². The Kier molecular flexibility index (Phi) is 6.11. The van der Waals surface area contributed by atoms with Crippen LogP contribution in [-0.4, -0.2) is 6.41 Å². The molecule has 0 rings (SSSR count). The van der Waals surface area contributed by atoms with Gasteiger partial charge in [0, 0.05) is 5.03 Å². The van der Waals surface area contributed by atoms with Crippen molar-refractivity contribution in [2.24, 2.45) is 0 Å². The molecule has 0 aliphatic heterocycles. The molecule has 1 amide bonds. The number of rotatable bonds is 4. The lowest BCUT2D eigenvalue weighted by Crippen LogP contribution is -2.08. The van der Waals surface area contributed by atoms with Crippen LogP contribution in [0.25, 0.3) is 0 Å². The fraction of sp³-hybridized carbons (Fsp3) is 0.222. The average Bonchev–Trinajstić information content (AvgIpc) is 2.03. The smallest absolute Gasteiger partial charge is 0.211 e. The van der Waals surface area contributed by atoms with E-state index in [9.17, 15) is 4.79 Å². The summed E-state index contributed by atoms with van der Waals surface area (Å²) < 4.78 is 0. The number of allylic oxidation sites excluding steroid dienone is 5. The van der Waals surface area contributed by atoms with E-state index in [1.807, 2.05) is 19.1 Å². The largest absolute Gasteiger partial charge is 0.328 e. The molecule has 0 unspecified atom stereocenters. The molecule has 0 aliphatic rings. The van der Waals surface area contributed by atoms with Crippen molar-refractivity contribution in [2.75, 3.05) is 0 Å². The van der Waals surface area contributed by atoms with Crippen LogP contribution < -0.4 is 5.32 Å². The lowest BCUT2D eigenvalue weighted by molar-refractivity contribution is -0.108. The van der Waals surface area contributed by atoms with Crippen LogP contribution in [0.2, 0.25) is 0 Å². The molecular formula is C9H12ClNO.